The van der Waals surface area contributed by atoms with Gasteiger partial charge in [0.15, 0.2) is 0 Å². The lowest BCUT2D eigenvalue weighted by Crippen LogP contribution is -2.38. The first kappa shape index (κ1) is 13.4. The van der Waals surface area contributed by atoms with Gasteiger partial charge < -0.3 is 9.47 Å². The Bertz CT molecular complexity index is 251. The van der Waals surface area contributed by atoms with E-state index in [-0.39, 0.29) is 6.54 Å². The van der Waals surface area contributed by atoms with Crippen LogP contribution in [0.4, 0.5) is 9.59 Å². The van der Waals surface area contributed by atoms with Crippen molar-refractivity contribution >= 4 is 18.2 Å². The highest BCUT2D eigenvalue weighted by atomic mass is 16.6. The lowest BCUT2D eigenvalue weighted by molar-refractivity contribution is -0.135. The summed E-state index contributed by atoms with van der Waals surface area (Å²) in [6, 6.07) is 0. The molecule has 0 unspecified atom stereocenters. The molecule has 0 aliphatic heterocycles. The van der Waals surface area contributed by atoms with Crippen molar-refractivity contribution < 1.29 is 23.9 Å². The minimum absolute atomic E-state index is 0.176. The summed E-state index contributed by atoms with van der Waals surface area (Å²) in [5, 5.41) is 0. The van der Waals surface area contributed by atoms with Gasteiger partial charge in [-0.2, -0.15) is 0 Å². The van der Waals surface area contributed by atoms with Gasteiger partial charge in [-0.15, -0.1) is 0 Å². The first-order valence-corrected chi connectivity index (χ1v) is 4.60. The quantitative estimate of drug-likeness (QED) is 0.529. The van der Waals surface area contributed by atoms with Crippen LogP contribution in [0.3, 0.4) is 0 Å². The molecule has 0 aromatic rings. The van der Waals surface area contributed by atoms with Gasteiger partial charge >= 0.3 is 18.2 Å². The van der Waals surface area contributed by atoms with E-state index in [9.17, 15) is 14.4 Å². The van der Waals surface area contributed by atoms with Crippen LogP contribution >= 0.6 is 0 Å². The van der Waals surface area contributed by atoms with Crippen molar-refractivity contribution in [3.63, 3.8) is 0 Å². The van der Waals surface area contributed by atoms with Gasteiger partial charge in [0.25, 0.3) is 0 Å². The molecule has 0 N–H and O–H groups in total. The molecule has 0 saturated carbocycles. The van der Waals surface area contributed by atoms with Crippen LogP contribution in [0.2, 0.25) is 0 Å². The van der Waals surface area contributed by atoms with E-state index < -0.39 is 18.2 Å². The molecule has 0 aliphatic carbocycles. The smallest absolute Gasteiger partial charge is 0.427 e. The number of esters is 1. The molecule has 0 rings (SSSR count). The lowest BCUT2D eigenvalue weighted by atomic mass is 10.3. The molecule has 0 heterocycles. The fourth-order valence-corrected chi connectivity index (χ4v) is 0.862. The van der Waals surface area contributed by atoms with Gasteiger partial charge in [0.1, 0.15) is 0 Å². The normalized spacial score (nSPS) is 9.27. The van der Waals surface area contributed by atoms with E-state index in [1.165, 1.54) is 0 Å². The molecular weight excluding hydrogens is 202 g/mol. The largest absolute Gasteiger partial charge is 0.452 e. The van der Waals surface area contributed by atoms with Crippen LogP contribution in [0.25, 0.3) is 0 Å². The number of unbranched alkanes of at least 4 members (excludes halogenated alkanes) is 1. The fourth-order valence-electron chi connectivity index (χ4n) is 0.862. The van der Waals surface area contributed by atoms with Gasteiger partial charge in [-0.3, -0.25) is 4.79 Å². The van der Waals surface area contributed by atoms with Crippen LogP contribution < -0.4 is 0 Å². The Morgan fingerprint density at radius 2 is 1.80 bits per heavy atom. The first-order valence-electron chi connectivity index (χ1n) is 4.60. The van der Waals surface area contributed by atoms with Crippen LogP contribution in [0, 0.1) is 0 Å². The van der Waals surface area contributed by atoms with Crippen molar-refractivity contribution in [2.45, 2.75) is 26.7 Å². The van der Waals surface area contributed by atoms with Crippen LogP contribution in [-0.4, -0.2) is 36.7 Å². The van der Waals surface area contributed by atoms with Crippen LogP contribution in [0.15, 0.2) is 0 Å². The zero-order valence-corrected chi connectivity index (χ0v) is 9.11. The Balaban J connectivity index is 4.40. The number of methoxy groups -OCH3 is 1. The van der Waals surface area contributed by atoms with Crippen molar-refractivity contribution in [1.29, 1.82) is 0 Å². The molecule has 0 spiro atoms. The second-order valence-electron chi connectivity index (χ2n) is 2.83. The minimum atomic E-state index is -0.997. The predicted octanol–water partition coefficient (Wildman–Crippen LogP) is 1.54. The maximum atomic E-state index is 11.2. The average molecular weight is 217 g/mol. The molecule has 0 aromatic carbocycles. The van der Waals surface area contributed by atoms with E-state index in [1.807, 2.05) is 6.92 Å². The van der Waals surface area contributed by atoms with Crippen LogP contribution in [-0.2, 0) is 14.3 Å². The highest BCUT2D eigenvalue weighted by molar-refractivity contribution is 5.92. The summed E-state index contributed by atoms with van der Waals surface area (Å²) in [6.07, 6.45) is -0.388. The summed E-state index contributed by atoms with van der Waals surface area (Å²) >= 11 is 0. The molecule has 0 saturated heterocycles. The molecule has 0 aromatic heterocycles. The average Bonchev–Trinajstić information content (AvgIpc) is 2.16. The van der Waals surface area contributed by atoms with Crippen molar-refractivity contribution in [2.24, 2.45) is 0 Å². The maximum Gasteiger partial charge on any atom is 0.427 e. The van der Waals surface area contributed by atoms with Crippen molar-refractivity contribution in [1.82, 2.24) is 4.90 Å². The van der Waals surface area contributed by atoms with Crippen LogP contribution in [0.5, 0.6) is 0 Å². The fraction of sp³-hybridized carbons (Fsp3) is 0.667. The number of carbonyl (C=O) groups is 3. The molecule has 0 aliphatic rings. The summed E-state index contributed by atoms with van der Waals surface area (Å²) in [6.45, 7) is 3.17. The molecular formula is C9H15NO5. The Kier molecular flexibility index (Phi) is 6.08. The molecule has 6 nitrogen and oxygen atoms in total. The number of imide groups is 1. The third-order valence-electron chi connectivity index (χ3n) is 1.58. The Labute approximate surface area is 88.1 Å². The van der Waals surface area contributed by atoms with E-state index in [4.69, 9.17) is 0 Å². The summed E-state index contributed by atoms with van der Waals surface area (Å²) in [7, 11) is 1.16. The zero-order chi connectivity index (χ0) is 11.8. The number of amides is 2. The summed E-state index contributed by atoms with van der Waals surface area (Å²) < 4.78 is 8.67. The first-order chi connectivity index (χ1) is 7.02. The number of ether oxygens (including phenoxy) is 2. The van der Waals surface area contributed by atoms with Gasteiger partial charge in [-0.25, -0.2) is 14.5 Å². The third kappa shape index (κ3) is 4.99. The van der Waals surface area contributed by atoms with Crippen LogP contribution in [0.1, 0.15) is 26.7 Å². The monoisotopic (exact) mass is 217 g/mol. The highest BCUT2D eigenvalue weighted by Crippen LogP contribution is 2.01. The number of carbonyl (C=O) groups excluding carboxylic acids is 3. The second-order valence-corrected chi connectivity index (χ2v) is 2.83. The second kappa shape index (κ2) is 6.80. The van der Waals surface area contributed by atoms with E-state index in [0.29, 0.717) is 6.42 Å². The predicted molar refractivity (Wildman–Crippen MR) is 51.2 cm³/mol. The maximum absolute atomic E-state index is 11.2. The Hall–Kier alpha value is -1.59. The standard InChI is InChI=1S/C9H15NO5/c1-4-5-6-10(8(12)14-3)9(13)15-7(2)11/h4-6H2,1-3H3. The number of hydrogen-bond acceptors (Lipinski definition) is 5. The van der Waals surface area contributed by atoms with Crippen molar-refractivity contribution in [2.75, 3.05) is 13.7 Å². The van der Waals surface area contributed by atoms with Gasteiger partial charge in [0.2, 0.25) is 0 Å². The molecule has 0 radical (unpaired) electrons. The minimum Gasteiger partial charge on any atom is -0.452 e. The molecule has 0 fully saturated rings. The molecule has 6 heteroatoms. The highest BCUT2D eigenvalue weighted by Gasteiger charge is 2.24. The van der Waals surface area contributed by atoms with Gasteiger partial charge in [0.05, 0.1) is 7.11 Å². The van der Waals surface area contributed by atoms with Crippen molar-refractivity contribution in [3.8, 4) is 0 Å². The van der Waals surface area contributed by atoms with E-state index in [1.54, 1.807) is 0 Å². The number of hydrogen-bond donors (Lipinski definition) is 0. The topological polar surface area (TPSA) is 72.9 Å². The Morgan fingerprint density at radius 1 is 1.20 bits per heavy atom. The molecule has 0 atom stereocenters. The molecule has 15 heavy (non-hydrogen) atoms. The molecule has 2 amide bonds. The summed E-state index contributed by atoms with van der Waals surface area (Å²) in [5.41, 5.74) is 0. The SMILES string of the molecule is CCCCN(C(=O)OC)C(=O)OC(C)=O. The lowest BCUT2D eigenvalue weighted by Gasteiger charge is -2.17. The zero-order valence-electron chi connectivity index (χ0n) is 9.11. The number of rotatable bonds is 3. The van der Waals surface area contributed by atoms with Crippen molar-refractivity contribution in [3.05, 3.63) is 0 Å². The summed E-state index contributed by atoms with van der Waals surface area (Å²) in [4.78, 5) is 33.7. The Morgan fingerprint density at radius 3 is 2.20 bits per heavy atom. The van der Waals surface area contributed by atoms with E-state index in [0.717, 1.165) is 25.4 Å². The van der Waals surface area contributed by atoms with Gasteiger partial charge in [-0.1, -0.05) is 13.3 Å². The van der Waals surface area contributed by atoms with E-state index >= 15 is 0 Å². The van der Waals surface area contributed by atoms with Gasteiger partial charge in [0, 0.05) is 13.5 Å². The summed E-state index contributed by atoms with van der Waals surface area (Å²) in [5.74, 6) is -0.759. The van der Waals surface area contributed by atoms with Gasteiger partial charge in [-0.05, 0) is 6.42 Å². The molecule has 0 bridgehead atoms. The third-order valence-corrected chi connectivity index (χ3v) is 1.58. The van der Waals surface area contributed by atoms with E-state index in [2.05, 4.69) is 9.47 Å². The molecule has 86 valence electrons. The number of nitrogens with zero attached hydrogens (tertiary/aromatic N) is 1.